The highest BCUT2D eigenvalue weighted by Crippen LogP contribution is 2.22. The number of carbonyl (C=O) groups excluding carboxylic acids is 1. The van der Waals surface area contributed by atoms with Crippen LogP contribution in [0.3, 0.4) is 0 Å². The molecular formula is C12H10ClFN4O. The molecule has 0 unspecified atom stereocenters. The van der Waals surface area contributed by atoms with Gasteiger partial charge in [-0.15, -0.1) is 0 Å². The number of halogens is 2. The second-order valence-electron chi connectivity index (χ2n) is 3.59. The average molecular weight is 281 g/mol. The number of hydrogen-bond acceptors (Lipinski definition) is 4. The highest BCUT2D eigenvalue weighted by Gasteiger charge is 2.12. The zero-order valence-electron chi connectivity index (χ0n) is 9.95. The standard InChI is InChI=1S/C12H10ClFN4O/c1-15-10-6-16-9(5-17-10)12(19)18-8-4-2-3-7(13)11(8)14/h2-6H,1H3,(H,15,17)(H,18,19). The highest BCUT2D eigenvalue weighted by atomic mass is 35.5. The van der Waals surface area contributed by atoms with Crippen LogP contribution in [0, 0.1) is 5.82 Å². The minimum Gasteiger partial charge on any atom is -0.372 e. The van der Waals surface area contributed by atoms with Crippen LogP contribution in [0.5, 0.6) is 0 Å². The molecule has 2 N–H and O–H groups in total. The molecule has 1 heterocycles. The van der Waals surface area contributed by atoms with E-state index in [4.69, 9.17) is 11.6 Å². The van der Waals surface area contributed by atoms with Crippen molar-refractivity contribution in [2.24, 2.45) is 0 Å². The van der Waals surface area contributed by atoms with Gasteiger partial charge in [0.2, 0.25) is 0 Å². The maximum atomic E-state index is 13.6. The molecular weight excluding hydrogens is 271 g/mol. The predicted octanol–water partition coefficient (Wildman–Crippen LogP) is 2.56. The van der Waals surface area contributed by atoms with Crippen LogP contribution >= 0.6 is 11.6 Å². The first-order valence-electron chi connectivity index (χ1n) is 5.37. The summed E-state index contributed by atoms with van der Waals surface area (Å²) in [4.78, 5) is 19.7. The van der Waals surface area contributed by atoms with Crippen LogP contribution in [-0.4, -0.2) is 22.9 Å². The molecule has 0 fully saturated rings. The van der Waals surface area contributed by atoms with E-state index < -0.39 is 11.7 Å². The Morgan fingerprint density at radius 2 is 2.11 bits per heavy atom. The van der Waals surface area contributed by atoms with E-state index in [1.165, 1.54) is 30.6 Å². The monoisotopic (exact) mass is 280 g/mol. The van der Waals surface area contributed by atoms with Gasteiger partial charge in [0, 0.05) is 7.05 Å². The molecule has 19 heavy (non-hydrogen) atoms. The number of rotatable bonds is 3. The second kappa shape index (κ2) is 5.62. The molecule has 0 aliphatic rings. The Bertz CT molecular complexity index is 603. The van der Waals surface area contributed by atoms with Gasteiger partial charge < -0.3 is 10.6 Å². The minimum absolute atomic E-state index is 0.00278. The van der Waals surface area contributed by atoms with Crippen molar-refractivity contribution in [2.75, 3.05) is 17.7 Å². The van der Waals surface area contributed by atoms with Crippen molar-refractivity contribution in [2.45, 2.75) is 0 Å². The van der Waals surface area contributed by atoms with E-state index in [2.05, 4.69) is 20.6 Å². The molecule has 0 aliphatic carbocycles. The Kier molecular flexibility index (Phi) is 3.91. The van der Waals surface area contributed by atoms with Gasteiger partial charge in [0.05, 0.1) is 23.1 Å². The lowest BCUT2D eigenvalue weighted by molar-refractivity contribution is 0.102. The first-order valence-corrected chi connectivity index (χ1v) is 5.75. The molecule has 2 aromatic rings. The van der Waals surface area contributed by atoms with Gasteiger partial charge in [0.25, 0.3) is 5.91 Å². The SMILES string of the molecule is CNc1cnc(C(=O)Nc2cccc(Cl)c2F)cn1. The van der Waals surface area contributed by atoms with Gasteiger partial charge in [0.1, 0.15) is 11.5 Å². The fourth-order valence-electron chi connectivity index (χ4n) is 1.36. The molecule has 0 saturated heterocycles. The van der Waals surface area contributed by atoms with E-state index >= 15 is 0 Å². The lowest BCUT2D eigenvalue weighted by Crippen LogP contribution is -2.15. The van der Waals surface area contributed by atoms with Crippen molar-refractivity contribution in [1.29, 1.82) is 0 Å². The fourth-order valence-corrected chi connectivity index (χ4v) is 1.54. The van der Waals surface area contributed by atoms with Gasteiger partial charge in [-0.25, -0.2) is 14.4 Å². The molecule has 7 heteroatoms. The van der Waals surface area contributed by atoms with Crippen LogP contribution < -0.4 is 10.6 Å². The Hall–Kier alpha value is -2.21. The van der Waals surface area contributed by atoms with E-state index in [9.17, 15) is 9.18 Å². The van der Waals surface area contributed by atoms with Crippen LogP contribution in [0.15, 0.2) is 30.6 Å². The number of carbonyl (C=O) groups is 1. The van der Waals surface area contributed by atoms with Gasteiger partial charge in [-0.2, -0.15) is 0 Å². The van der Waals surface area contributed by atoms with Gasteiger partial charge in [0.15, 0.2) is 5.82 Å². The summed E-state index contributed by atoms with van der Waals surface area (Å²) in [5.41, 5.74) is 0.0790. The Balaban J connectivity index is 2.18. The molecule has 98 valence electrons. The quantitative estimate of drug-likeness (QED) is 0.907. The number of nitrogens with zero attached hydrogens (tertiary/aromatic N) is 2. The molecule has 0 aliphatic heterocycles. The average Bonchev–Trinajstić information content (AvgIpc) is 2.44. The topological polar surface area (TPSA) is 66.9 Å². The number of anilines is 2. The maximum absolute atomic E-state index is 13.6. The minimum atomic E-state index is -0.683. The van der Waals surface area contributed by atoms with Crippen molar-refractivity contribution in [3.63, 3.8) is 0 Å². The van der Waals surface area contributed by atoms with Crippen LogP contribution in [0.25, 0.3) is 0 Å². The van der Waals surface area contributed by atoms with E-state index in [0.29, 0.717) is 5.82 Å². The number of aromatic nitrogens is 2. The summed E-state index contributed by atoms with van der Waals surface area (Å²) in [5, 5.41) is 5.10. The second-order valence-corrected chi connectivity index (χ2v) is 4.00. The number of benzene rings is 1. The van der Waals surface area contributed by atoms with E-state index in [-0.39, 0.29) is 16.4 Å². The molecule has 1 aromatic heterocycles. The summed E-state index contributed by atoms with van der Waals surface area (Å²) >= 11 is 5.62. The fraction of sp³-hybridized carbons (Fsp3) is 0.0833. The Morgan fingerprint density at radius 1 is 1.32 bits per heavy atom. The van der Waals surface area contributed by atoms with Crippen molar-refractivity contribution in [3.05, 3.63) is 47.1 Å². The predicted molar refractivity (Wildman–Crippen MR) is 70.9 cm³/mol. The van der Waals surface area contributed by atoms with Gasteiger partial charge >= 0.3 is 0 Å². The summed E-state index contributed by atoms with van der Waals surface area (Å²) in [7, 11) is 1.69. The Labute approximate surface area is 113 Å². The van der Waals surface area contributed by atoms with Crippen LogP contribution in [0.2, 0.25) is 5.02 Å². The lowest BCUT2D eigenvalue weighted by atomic mass is 10.3. The lowest BCUT2D eigenvalue weighted by Gasteiger charge is -2.06. The largest absolute Gasteiger partial charge is 0.372 e. The van der Waals surface area contributed by atoms with E-state index in [0.717, 1.165) is 0 Å². The van der Waals surface area contributed by atoms with Gasteiger partial charge in [-0.1, -0.05) is 17.7 Å². The normalized spacial score (nSPS) is 10.1. The Morgan fingerprint density at radius 3 is 2.74 bits per heavy atom. The molecule has 0 atom stereocenters. The number of nitrogens with one attached hydrogen (secondary N) is 2. The molecule has 0 spiro atoms. The summed E-state index contributed by atoms with van der Waals surface area (Å²) in [6.45, 7) is 0. The highest BCUT2D eigenvalue weighted by molar-refractivity contribution is 6.31. The molecule has 0 saturated carbocycles. The summed E-state index contributed by atoms with van der Waals surface area (Å²) in [6.07, 6.45) is 2.70. The third-order valence-electron chi connectivity index (χ3n) is 2.34. The molecule has 1 aromatic carbocycles. The third-order valence-corrected chi connectivity index (χ3v) is 2.63. The molecule has 1 amide bonds. The number of amides is 1. The van der Waals surface area contributed by atoms with Gasteiger partial charge in [-0.3, -0.25) is 4.79 Å². The summed E-state index contributed by atoms with van der Waals surface area (Å²) in [5.74, 6) is -0.709. The van der Waals surface area contributed by atoms with E-state index in [1.807, 2.05) is 0 Å². The summed E-state index contributed by atoms with van der Waals surface area (Å²) in [6, 6.07) is 4.35. The number of hydrogen-bond donors (Lipinski definition) is 2. The van der Waals surface area contributed by atoms with Crippen molar-refractivity contribution in [1.82, 2.24) is 9.97 Å². The van der Waals surface area contributed by atoms with E-state index in [1.54, 1.807) is 7.05 Å². The first kappa shape index (κ1) is 13.2. The maximum Gasteiger partial charge on any atom is 0.275 e. The molecule has 0 radical (unpaired) electrons. The summed E-state index contributed by atoms with van der Waals surface area (Å²) < 4.78 is 13.6. The first-order chi connectivity index (χ1) is 9.11. The van der Waals surface area contributed by atoms with Crippen molar-refractivity contribution < 1.29 is 9.18 Å². The molecule has 0 bridgehead atoms. The van der Waals surface area contributed by atoms with Gasteiger partial charge in [-0.05, 0) is 12.1 Å². The zero-order chi connectivity index (χ0) is 13.8. The van der Waals surface area contributed by atoms with Crippen LogP contribution in [0.1, 0.15) is 10.5 Å². The molecule has 5 nitrogen and oxygen atoms in total. The van der Waals surface area contributed by atoms with Crippen LogP contribution in [0.4, 0.5) is 15.9 Å². The zero-order valence-corrected chi connectivity index (χ0v) is 10.7. The van der Waals surface area contributed by atoms with Crippen molar-refractivity contribution in [3.8, 4) is 0 Å². The third kappa shape index (κ3) is 2.97. The molecule has 2 rings (SSSR count). The smallest absolute Gasteiger partial charge is 0.275 e. The van der Waals surface area contributed by atoms with Crippen LogP contribution in [-0.2, 0) is 0 Å². The van der Waals surface area contributed by atoms with Crippen molar-refractivity contribution >= 4 is 29.0 Å².